The van der Waals surface area contributed by atoms with E-state index in [4.69, 9.17) is 0 Å². The molecule has 6 heteroatoms. The van der Waals surface area contributed by atoms with Crippen LogP contribution in [0.2, 0.25) is 0 Å². The number of rotatable bonds is 3. The molecule has 0 unspecified atom stereocenters. The van der Waals surface area contributed by atoms with Gasteiger partial charge in [0.1, 0.15) is 5.82 Å². The first-order chi connectivity index (χ1) is 9.77. The highest BCUT2D eigenvalue weighted by Crippen LogP contribution is 2.22. The average molecular weight is 352 g/mol. The highest BCUT2D eigenvalue weighted by atomic mass is 79.9. The summed E-state index contributed by atoms with van der Waals surface area (Å²) in [6.45, 7) is 5.81. The van der Waals surface area contributed by atoms with Crippen LogP contribution in [0.25, 0.3) is 11.3 Å². The van der Waals surface area contributed by atoms with Gasteiger partial charge in [0.25, 0.3) is 0 Å². The van der Waals surface area contributed by atoms with E-state index < -0.39 is 11.6 Å². The van der Waals surface area contributed by atoms with Gasteiger partial charge in [0, 0.05) is 15.6 Å². The standard InChI is InChI=1S/C15H18BrN3O2/c1-15(2,3)19(14(20)21)9-13-17-8-12(18-13)10-5-4-6-11(16)7-10/h4-8H,9H2,1-3H3,(H,17,18)(H,20,21). The number of benzene rings is 1. The Bertz CT molecular complexity index is 646. The second-order valence-electron chi connectivity index (χ2n) is 5.79. The molecule has 2 rings (SSSR count). The van der Waals surface area contributed by atoms with E-state index in [2.05, 4.69) is 25.9 Å². The molecule has 0 radical (unpaired) electrons. The molecule has 5 nitrogen and oxygen atoms in total. The van der Waals surface area contributed by atoms with Crippen molar-refractivity contribution < 1.29 is 9.90 Å². The van der Waals surface area contributed by atoms with Crippen molar-refractivity contribution in [1.82, 2.24) is 14.9 Å². The van der Waals surface area contributed by atoms with Gasteiger partial charge in [-0.05, 0) is 32.9 Å². The van der Waals surface area contributed by atoms with E-state index in [-0.39, 0.29) is 6.54 Å². The molecular formula is C15H18BrN3O2. The number of hydrogen-bond donors (Lipinski definition) is 2. The normalized spacial score (nSPS) is 11.4. The van der Waals surface area contributed by atoms with E-state index in [0.29, 0.717) is 5.82 Å². The molecule has 1 amide bonds. The molecule has 0 aliphatic heterocycles. The largest absolute Gasteiger partial charge is 0.465 e. The van der Waals surface area contributed by atoms with Crippen LogP contribution in [0, 0.1) is 0 Å². The Labute approximate surface area is 132 Å². The van der Waals surface area contributed by atoms with Gasteiger partial charge in [-0.3, -0.25) is 4.90 Å². The third kappa shape index (κ3) is 3.85. The van der Waals surface area contributed by atoms with Crippen LogP contribution in [0.3, 0.4) is 0 Å². The van der Waals surface area contributed by atoms with Crippen molar-refractivity contribution in [3.63, 3.8) is 0 Å². The highest BCUT2D eigenvalue weighted by molar-refractivity contribution is 9.10. The van der Waals surface area contributed by atoms with E-state index in [1.54, 1.807) is 6.20 Å². The Hall–Kier alpha value is -1.82. The van der Waals surface area contributed by atoms with Crippen molar-refractivity contribution in [2.45, 2.75) is 32.9 Å². The topological polar surface area (TPSA) is 69.2 Å². The molecule has 0 saturated carbocycles. The smallest absolute Gasteiger partial charge is 0.408 e. The molecule has 0 spiro atoms. The molecule has 2 N–H and O–H groups in total. The summed E-state index contributed by atoms with van der Waals surface area (Å²) >= 11 is 3.43. The zero-order chi connectivity index (χ0) is 15.6. The summed E-state index contributed by atoms with van der Waals surface area (Å²) in [5.41, 5.74) is 1.39. The molecule has 0 saturated heterocycles. The first-order valence-electron chi connectivity index (χ1n) is 6.58. The van der Waals surface area contributed by atoms with E-state index in [1.165, 1.54) is 4.90 Å². The number of carboxylic acid groups (broad SMARTS) is 1. The summed E-state index contributed by atoms with van der Waals surface area (Å²) in [6, 6.07) is 7.85. The minimum absolute atomic E-state index is 0.229. The number of aromatic amines is 1. The molecule has 0 bridgehead atoms. The lowest BCUT2D eigenvalue weighted by atomic mass is 10.1. The van der Waals surface area contributed by atoms with Gasteiger partial charge in [0.2, 0.25) is 0 Å². The molecule has 0 aliphatic carbocycles. The number of carbonyl (C=O) groups is 1. The summed E-state index contributed by atoms with van der Waals surface area (Å²) in [6.07, 6.45) is 0.766. The monoisotopic (exact) mass is 351 g/mol. The maximum absolute atomic E-state index is 11.4. The van der Waals surface area contributed by atoms with Crippen LogP contribution in [0.4, 0.5) is 4.79 Å². The van der Waals surface area contributed by atoms with Crippen LogP contribution in [-0.2, 0) is 6.54 Å². The molecule has 2 aromatic rings. The van der Waals surface area contributed by atoms with Crippen molar-refractivity contribution in [1.29, 1.82) is 0 Å². The van der Waals surface area contributed by atoms with Gasteiger partial charge in [-0.2, -0.15) is 0 Å². The average Bonchev–Trinajstić information content (AvgIpc) is 2.83. The summed E-state index contributed by atoms with van der Waals surface area (Å²) in [5.74, 6) is 0.627. The number of H-pyrrole nitrogens is 1. The number of nitrogens with zero attached hydrogens (tertiary/aromatic N) is 2. The second kappa shape index (κ2) is 5.89. The highest BCUT2D eigenvalue weighted by Gasteiger charge is 2.27. The van der Waals surface area contributed by atoms with E-state index in [0.717, 1.165) is 15.7 Å². The predicted molar refractivity (Wildman–Crippen MR) is 85.0 cm³/mol. The summed E-state index contributed by atoms with van der Waals surface area (Å²) in [4.78, 5) is 20.2. The van der Waals surface area contributed by atoms with Crippen LogP contribution < -0.4 is 0 Å². The van der Waals surface area contributed by atoms with Gasteiger partial charge in [0.15, 0.2) is 0 Å². The minimum atomic E-state index is -0.956. The molecule has 1 aromatic heterocycles. The number of amides is 1. The van der Waals surface area contributed by atoms with Gasteiger partial charge in [-0.1, -0.05) is 28.1 Å². The summed E-state index contributed by atoms with van der Waals surface area (Å²) < 4.78 is 0.984. The molecule has 112 valence electrons. The molecule has 1 aromatic carbocycles. The fourth-order valence-electron chi connectivity index (χ4n) is 1.99. The summed E-state index contributed by atoms with van der Waals surface area (Å²) in [5, 5.41) is 9.31. The maximum atomic E-state index is 11.4. The van der Waals surface area contributed by atoms with Crippen molar-refractivity contribution in [3.05, 3.63) is 40.8 Å². The number of hydrogen-bond acceptors (Lipinski definition) is 2. The van der Waals surface area contributed by atoms with E-state index >= 15 is 0 Å². The summed E-state index contributed by atoms with van der Waals surface area (Å²) in [7, 11) is 0. The quantitative estimate of drug-likeness (QED) is 0.873. The lowest BCUT2D eigenvalue weighted by Gasteiger charge is -2.32. The second-order valence-corrected chi connectivity index (χ2v) is 6.71. The SMILES string of the molecule is CC(C)(C)N(Cc1ncc(-c2cccc(Br)c2)[nH]1)C(=O)O. The van der Waals surface area contributed by atoms with Gasteiger partial charge in [-0.25, -0.2) is 9.78 Å². The number of halogens is 1. The van der Waals surface area contributed by atoms with E-state index in [9.17, 15) is 9.90 Å². The van der Waals surface area contributed by atoms with Gasteiger partial charge >= 0.3 is 6.09 Å². The van der Waals surface area contributed by atoms with Crippen molar-refractivity contribution in [3.8, 4) is 11.3 Å². The van der Waals surface area contributed by atoms with Crippen LogP contribution in [0.5, 0.6) is 0 Å². The Kier molecular flexibility index (Phi) is 4.37. The van der Waals surface area contributed by atoms with Crippen LogP contribution >= 0.6 is 15.9 Å². The molecule has 0 aliphatic rings. The van der Waals surface area contributed by atoms with E-state index in [1.807, 2.05) is 45.0 Å². The fraction of sp³-hybridized carbons (Fsp3) is 0.333. The predicted octanol–water partition coefficient (Wildman–Crippen LogP) is 4.12. The Balaban J connectivity index is 2.22. The van der Waals surface area contributed by atoms with Crippen LogP contribution in [0.15, 0.2) is 34.9 Å². The van der Waals surface area contributed by atoms with Crippen molar-refractivity contribution in [2.24, 2.45) is 0 Å². The van der Waals surface area contributed by atoms with Gasteiger partial charge in [-0.15, -0.1) is 0 Å². The third-order valence-electron chi connectivity index (χ3n) is 3.11. The maximum Gasteiger partial charge on any atom is 0.408 e. The van der Waals surface area contributed by atoms with Crippen molar-refractivity contribution >= 4 is 22.0 Å². The number of aromatic nitrogens is 2. The molecular weight excluding hydrogens is 334 g/mol. The van der Waals surface area contributed by atoms with Crippen molar-refractivity contribution in [2.75, 3.05) is 0 Å². The zero-order valence-corrected chi connectivity index (χ0v) is 13.8. The number of imidazole rings is 1. The van der Waals surface area contributed by atoms with Crippen LogP contribution in [0.1, 0.15) is 26.6 Å². The Morgan fingerprint density at radius 1 is 1.43 bits per heavy atom. The molecule has 1 heterocycles. The first-order valence-corrected chi connectivity index (χ1v) is 7.37. The number of nitrogens with one attached hydrogen (secondary N) is 1. The first kappa shape index (κ1) is 15.6. The van der Waals surface area contributed by atoms with Gasteiger partial charge in [0.05, 0.1) is 18.4 Å². The molecule has 21 heavy (non-hydrogen) atoms. The Morgan fingerprint density at radius 2 is 2.14 bits per heavy atom. The lowest BCUT2D eigenvalue weighted by molar-refractivity contribution is 0.0939. The molecule has 0 fully saturated rings. The third-order valence-corrected chi connectivity index (χ3v) is 3.61. The van der Waals surface area contributed by atoms with Gasteiger partial charge < -0.3 is 10.1 Å². The minimum Gasteiger partial charge on any atom is -0.465 e. The fourth-order valence-corrected chi connectivity index (χ4v) is 2.39. The zero-order valence-electron chi connectivity index (χ0n) is 12.2. The molecule has 0 atom stereocenters. The lowest BCUT2D eigenvalue weighted by Crippen LogP contribution is -2.44. The van der Waals surface area contributed by atoms with Crippen LogP contribution in [-0.4, -0.2) is 31.6 Å². The Morgan fingerprint density at radius 3 is 2.71 bits per heavy atom.